The predicted octanol–water partition coefficient (Wildman–Crippen LogP) is 5.50. The first kappa shape index (κ1) is 20.6. The smallest absolute Gasteiger partial charge is 0.359 e. The van der Waals surface area contributed by atoms with Crippen molar-refractivity contribution >= 4 is 40.7 Å². The molecule has 0 N–H and O–H groups in total. The number of aromatic nitrogens is 4. The summed E-state index contributed by atoms with van der Waals surface area (Å²) in [6.07, 6.45) is 1.86. The molecule has 0 radical (unpaired) electrons. The van der Waals surface area contributed by atoms with Crippen molar-refractivity contribution in [3.63, 3.8) is 0 Å². The van der Waals surface area contributed by atoms with Crippen LogP contribution in [0.4, 0.5) is 0 Å². The van der Waals surface area contributed by atoms with E-state index in [1.165, 1.54) is 23.1 Å². The summed E-state index contributed by atoms with van der Waals surface area (Å²) < 4.78 is 6.83. The van der Waals surface area contributed by atoms with E-state index in [1.807, 2.05) is 49.6 Å². The van der Waals surface area contributed by atoms with Gasteiger partial charge < -0.3 is 4.74 Å². The second kappa shape index (κ2) is 8.99. The molecule has 0 saturated heterocycles. The third-order valence-corrected chi connectivity index (χ3v) is 5.88. The highest BCUT2D eigenvalue weighted by Crippen LogP contribution is 2.33. The molecule has 0 saturated carbocycles. The third-order valence-electron chi connectivity index (χ3n) is 4.22. The van der Waals surface area contributed by atoms with E-state index < -0.39 is 5.97 Å². The molecule has 4 rings (SSSR count). The van der Waals surface area contributed by atoms with Crippen molar-refractivity contribution in [1.29, 1.82) is 0 Å². The molecule has 0 atom stereocenters. The fourth-order valence-corrected chi connectivity index (χ4v) is 4.13. The fraction of sp³-hybridized carbons (Fsp3) is 0.143. The van der Waals surface area contributed by atoms with Crippen molar-refractivity contribution in [1.82, 2.24) is 20.0 Å². The van der Waals surface area contributed by atoms with Crippen molar-refractivity contribution in [3.05, 3.63) is 70.9 Å². The number of rotatable bonds is 6. The summed E-state index contributed by atoms with van der Waals surface area (Å²) in [5.74, 6) is -0.247. The highest BCUT2D eigenvalue weighted by atomic mass is 35.5. The molecule has 9 heteroatoms. The van der Waals surface area contributed by atoms with Gasteiger partial charge in [0.1, 0.15) is 16.6 Å². The van der Waals surface area contributed by atoms with Crippen LogP contribution in [0.2, 0.25) is 5.02 Å². The molecule has 0 bridgehead atoms. The van der Waals surface area contributed by atoms with Crippen molar-refractivity contribution in [2.45, 2.75) is 6.92 Å². The van der Waals surface area contributed by atoms with Crippen LogP contribution in [-0.2, 0) is 4.74 Å². The number of halogens is 1. The van der Waals surface area contributed by atoms with Crippen LogP contribution in [0, 0.1) is 6.92 Å². The molecule has 2 heterocycles. The molecule has 4 aromatic rings. The molecule has 0 spiro atoms. The minimum absolute atomic E-state index is 0.186. The molecule has 152 valence electrons. The number of hydrogen-bond donors (Lipinski definition) is 0. The van der Waals surface area contributed by atoms with Gasteiger partial charge in [0.2, 0.25) is 0 Å². The number of hydrogen-bond acceptors (Lipinski definition) is 7. The zero-order valence-electron chi connectivity index (χ0n) is 16.2. The molecule has 2 aromatic heterocycles. The molecule has 0 aliphatic heterocycles. The van der Waals surface area contributed by atoms with Gasteiger partial charge in [0.15, 0.2) is 10.7 Å². The molecular weight excluding hydrogens is 440 g/mol. The van der Waals surface area contributed by atoms with Crippen molar-refractivity contribution in [3.8, 4) is 27.0 Å². The number of aryl methyl sites for hydroxylation is 1. The first-order valence-corrected chi connectivity index (χ1v) is 11.6. The fourth-order valence-electron chi connectivity index (χ4n) is 2.85. The zero-order chi connectivity index (χ0) is 21.1. The van der Waals surface area contributed by atoms with Crippen LogP contribution in [0.3, 0.4) is 0 Å². The van der Waals surface area contributed by atoms with Crippen LogP contribution in [0.25, 0.3) is 27.0 Å². The topological polar surface area (TPSA) is 69.9 Å². The first-order valence-electron chi connectivity index (χ1n) is 8.99. The van der Waals surface area contributed by atoms with Gasteiger partial charge in [-0.25, -0.2) is 9.48 Å². The van der Waals surface area contributed by atoms with E-state index in [4.69, 9.17) is 16.3 Å². The zero-order valence-corrected chi connectivity index (χ0v) is 18.6. The third kappa shape index (κ3) is 4.26. The summed E-state index contributed by atoms with van der Waals surface area (Å²) in [6, 6.07) is 17.0. The van der Waals surface area contributed by atoms with Crippen molar-refractivity contribution in [2.24, 2.45) is 0 Å². The van der Waals surface area contributed by atoms with Crippen LogP contribution in [0.1, 0.15) is 16.1 Å². The van der Waals surface area contributed by atoms with Crippen LogP contribution in [0.15, 0.2) is 54.6 Å². The van der Waals surface area contributed by atoms with Gasteiger partial charge >= 0.3 is 5.97 Å². The summed E-state index contributed by atoms with van der Waals surface area (Å²) in [5.41, 5.74) is 3.58. The molecule has 6 nitrogen and oxygen atoms in total. The van der Waals surface area contributed by atoms with E-state index in [-0.39, 0.29) is 11.6 Å². The maximum absolute atomic E-state index is 12.4. The van der Waals surface area contributed by atoms with Crippen molar-refractivity contribution < 1.29 is 9.53 Å². The summed E-state index contributed by atoms with van der Waals surface area (Å²) >= 11 is 9.23. The number of esters is 1. The van der Waals surface area contributed by atoms with Gasteiger partial charge in [0.05, 0.1) is 10.7 Å². The van der Waals surface area contributed by atoms with Crippen LogP contribution in [0.5, 0.6) is 0 Å². The van der Waals surface area contributed by atoms with Crippen LogP contribution < -0.4 is 0 Å². The SMILES string of the molecule is CSCOC(=O)c1cc(-c2nnc(-c3cccc(C)c3)s2)n(-c2ccccc2Cl)n1. The average molecular weight is 457 g/mol. The summed E-state index contributed by atoms with van der Waals surface area (Å²) in [6.45, 7) is 2.03. The molecular formula is C21H17ClN4O2S2. The first-order chi connectivity index (χ1) is 14.6. The molecule has 0 aliphatic carbocycles. The quantitative estimate of drug-likeness (QED) is 0.282. The van der Waals surface area contributed by atoms with E-state index in [2.05, 4.69) is 21.4 Å². The number of carbonyl (C=O) groups excluding carboxylic acids is 1. The van der Waals surface area contributed by atoms with Gasteiger partial charge in [-0.15, -0.1) is 22.0 Å². The monoisotopic (exact) mass is 456 g/mol. The molecule has 0 fully saturated rings. The van der Waals surface area contributed by atoms with E-state index in [0.717, 1.165) is 16.1 Å². The Balaban J connectivity index is 1.79. The number of para-hydroxylation sites is 1. The Morgan fingerprint density at radius 2 is 1.93 bits per heavy atom. The Morgan fingerprint density at radius 1 is 1.13 bits per heavy atom. The highest BCUT2D eigenvalue weighted by Gasteiger charge is 2.22. The lowest BCUT2D eigenvalue weighted by atomic mass is 10.1. The van der Waals surface area contributed by atoms with Gasteiger partial charge in [-0.05, 0) is 31.4 Å². The van der Waals surface area contributed by atoms with E-state index in [1.54, 1.807) is 16.8 Å². The lowest BCUT2D eigenvalue weighted by Crippen LogP contribution is -2.07. The Morgan fingerprint density at radius 3 is 2.70 bits per heavy atom. The molecule has 2 aromatic carbocycles. The highest BCUT2D eigenvalue weighted by molar-refractivity contribution is 7.98. The van der Waals surface area contributed by atoms with Gasteiger partial charge in [-0.2, -0.15) is 5.10 Å². The second-order valence-corrected chi connectivity index (χ2v) is 8.60. The number of ether oxygens (including phenoxy) is 1. The van der Waals surface area contributed by atoms with E-state index >= 15 is 0 Å². The maximum Gasteiger partial charge on any atom is 0.359 e. The summed E-state index contributed by atoms with van der Waals surface area (Å²) in [4.78, 5) is 12.4. The number of thioether (sulfide) groups is 1. The predicted molar refractivity (Wildman–Crippen MR) is 121 cm³/mol. The largest absolute Gasteiger partial charge is 0.450 e. The molecule has 0 unspecified atom stereocenters. The summed E-state index contributed by atoms with van der Waals surface area (Å²) in [7, 11) is 0. The lowest BCUT2D eigenvalue weighted by molar-refractivity contribution is 0.0572. The van der Waals surface area contributed by atoms with E-state index in [9.17, 15) is 4.79 Å². The minimum Gasteiger partial charge on any atom is -0.450 e. The Labute approximate surface area is 186 Å². The Hall–Kier alpha value is -2.68. The molecule has 0 aliphatic rings. The molecule has 30 heavy (non-hydrogen) atoms. The van der Waals surface area contributed by atoms with Crippen LogP contribution >= 0.6 is 34.7 Å². The summed E-state index contributed by atoms with van der Waals surface area (Å²) in [5, 5.41) is 15.1. The normalized spacial score (nSPS) is 10.9. The van der Waals surface area contributed by atoms with Gasteiger partial charge in [-0.1, -0.05) is 58.8 Å². The number of nitrogens with zero attached hydrogens (tertiary/aromatic N) is 4. The second-order valence-electron chi connectivity index (χ2n) is 6.40. The van der Waals surface area contributed by atoms with Gasteiger partial charge in [0.25, 0.3) is 0 Å². The number of carbonyl (C=O) groups is 1. The minimum atomic E-state index is -0.500. The molecule has 0 amide bonds. The van der Waals surface area contributed by atoms with Gasteiger partial charge in [0, 0.05) is 11.6 Å². The van der Waals surface area contributed by atoms with Gasteiger partial charge in [-0.3, -0.25) is 0 Å². The maximum atomic E-state index is 12.4. The number of benzene rings is 2. The standard InChI is InChI=1S/C21H17ClN4O2S2/c1-13-6-5-7-14(10-13)19-23-24-20(30-19)18-11-16(21(27)28-12-29-2)25-26(18)17-9-4-3-8-15(17)22/h3-11H,12H2,1-2H3. The Kier molecular flexibility index (Phi) is 6.17. The Bertz CT molecular complexity index is 1210. The van der Waals surface area contributed by atoms with Crippen molar-refractivity contribution in [2.75, 3.05) is 12.2 Å². The lowest BCUT2D eigenvalue weighted by Gasteiger charge is -2.06. The van der Waals surface area contributed by atoms with Crippen LogP contribution in [-0.4, -0.2) is 38.1 Å². The van der Waals surface area contributed by atoms with E-state index in [0.29, 0.717) is 21.4 Å². The average Bonchev–Trinajstić information content (AvgIpc) is 3.40.